The molecule has 1 saturated heterocycles. The van der Waals surface area contributed by atoms with Gasteiger partial charge in [-0.05, 0) is 87.0 Å². The number of para-hydroxylation sites is 1. The smallest absolute Gasteiger partial charge is 0.239 e. The maximum atomic E-state index is 13.5. The van der Waals surface area contributed by atoms with E-state index in [9.17, 15) is 13.2 Å². The lowest BCUT2D eigenvalue weighted by molar-refractivity contribution is -0.120. The van der Waals surface area contributed by atoms with E-state index in [2.05, 4.69) is 5.32 Å². The van der Waals surface area contributed by atoms with E-state index in [1.807, 2.05) is 30.3 Å². The number of piperidine rings is 1. The predicted molar refractivity (Wildman–Crippen MR) is 110 cm³/mol. The van der Waals surface area contributed by atoms with Gasteiger partial charge < -0.3 is 15.8 Å². The Bertz CT molecular complexity index is 983. The van der Waals surface area contributed by atoms with Crippen molar-refractivity contribution in [1.29, 1.82) is 0 Å². The lowest BCUT2D eigenvalue weighted by Crippen LogP contribution is -2.50. The SMILES string of the molecule is NC(=O)C1(S(=O)(=O)c2ccc(Oc3ccccc3)cc2)CCC2(CCNCC2)C1. The summed E-state index contributed by atoms with van der Waals surface area (Å²) in [5.74, 6) is 0.461. The lowest BCUT2D eigenvalue weighted by atomic mass is 9.77. The molecular weight excluding hydrogens is 388 g/mol. The van der Waals surface area contributed by atoms with E-state index < -0.39 is 20.5 Å². The van der Waals surface area contributed by atoms with Crippen molar-refractivity contribution in [2.45, 2.75) is 41.7 Å². The third-order valence-electron chi connectivity index (χ3n) is 6.46. The Hall–Kier alpha value is -2.38. The minimum Gasteiger partial charge on any atom is -0.457 e. The molecular formula is C22H26N2O4S. The number of ether oxygens (including phenoxy) is 1. The van der Waals surface area contributed by atoms with Crippen LogP contribution in [0.15, 0.2) is 59.5 Å². The van der Waals surface area contributed by atoms with Gasteiger partial charge >= 0.3 is 0 Å². The van der Waals surface area contributed by atoms with Crippen molar-refractivity contribution in [1.82, 2.24) is 5.32 Å². The number of amides is 1. The molecule has 3 N–H and O–H groups in total. The summed E-state index contributed by atoms with van der Waals surface area (Å²) in [6, 6.07) is 15.5. The van der Waals surface area contributed by atoms with Gasteiger partial charge in [0.15, 0.2) is 14.6 Å². The highest BCUT2D eigenvalue weighted by Crippen LogP contribution is 2.54. The average molecular weight is 415 g/mol. The van der Waals surface area contributed by atoms with Gasteiger partial charge in [-0.1, -0.05) is 18.2 Å². The zero-order valence-electron chi connectivity index (χ0n) is 16.3. The van der Waals surface area contributed by atoms with Crippen molar-refractivity contribution in [3.63, 3.8) is 0 Å². The highest BCUT2D eigenvalue weighted by atomic mass is 32.2. The molecule has 7 heteroatoms. The van der Waals surface area contributed by atoms with Crippen LogP contribution in [0.5, 0.6) is 11.5 Å². The van der Waals surface area contributed by atoms with Crippen LogP contribution >= 0.6 is 0 Å². The first-order valence-electron chi connectivity index (χ1n) is 9.95. The normalized spacial score (nSPS) is 23.7. The van der Waals surface area contributed by atoms with Crippen molar-refractivity contribution in [2.24, 2.45) is 11.1 Å². The lowest BCUT2D eigenvalue weighted by Gasteiger charge is -2.35. The van der Waals surface area contributed by atoms with Crippen LogP contribution in [0.1, 0.15) is 32.1 Å². The van der Waals surface area contributed by atoms with Crippen LogP contribution in [0, 0.1) is 5.41 Å². The Kier molecular flexibility index (Phi) is 5.12. The molecule has 0 radical (unpaired) electrons. The fourth-order valence-corrected chi connectivity index (χ4v) is 6.82. The number of hydrogen-bond donors (Lipinski definition) is 2. The molecule has 1 unspecified atom stereocenters. The quantitative estimate of drug-likeness (QED) is 0.784. The molecule has 0 bridgehead atoms. The second kappa shape index (κ2) is 7.46. The van der Waals surface area contributed by atoms with Gasteiger partial charge in [-0.25, -0.2) is 8.42 Å². The van der Waals surface area contributed by atoms with E-state index in [0.717, 1.165) is 25.9 Å². The van der Waals surface area contributed by atoms with E-state index in [4.69, 9.17) is 10.5 Å². The summed E-state index contributed by atoms with van der Waals surface area (Å²) < 4.78 is 31.3. The fourth-order valence-electron chi connectivity index (χ4n) is 4.74. The zero-order valence-corrected chi connectivity index (χ0v) is 17.1. The second-order valence-electron chi connectivity index (χ2n) is 8.18. The van der Waals surface area contributed by atoms with Gasteiger partial charge in [0, 0.05) is 0 Å². The molecule has 29 heavy (non-hydrogen) atoms. The molecule has 1 atom stereocenters. The number of carbonyl (C=O) groups is 1. The molecule has 1 heterocycles. The first kappa shape index (κ1) is 19.9. The van der Waals surface area contributed by atoms with Gasteiger partial charge in [0.1, 0.15) is 11.5 Å². The van der Waals surface area contributed by atoms with Crippen LogP contribution in [0.4, 0.5) is 0 Å². The highest BCUT2D eigenvalue weighted by molar-refractivity contribution is 7.93. The van der Waals surface area contributed by atoms with Gasteiger partial charge in [0.2, 0.25) is 5.91 Å². The van der Waals surface area contributed by atoms with Gasteiger partial charge in [-0.3, -0.25) is 4.79 Å². The maximum Gasteiger partial charge on any atom is 0.239 e. The van der Waals surface area contributed by atoms with Crippen LogP contribution in [-0.4, -0.2) is 32.2 Å². The van der Waals surface area contributed by atoms with Gasteiger partial charge in [-0.2, -0.15) is 0 Å². The summed E-state index contributed by atoms with van der Waals surface area (Å²) in [6.45, 7) is 1.70. The molecule has 1 amide bonds. The molecule has 4 rings (SSSR count). The van der Waals surface area contributed by atoms with Crippen LogP contribution in [0.25, 0.3) is 0 Å². The molecule has 0 aromatic heterocycles. The Balaban J connectivity index is 1.61. The molecule has 6 nitrogen and oxygen atoms in total. The highest BCUT2D eigenvalue weighted by Gasteiger charge is 2.59. The van der Waals surface area contributed by atoms with E-state index >= 15 is 0 Å². The summed E-state index contributed by atoms with van der Waals surface area (Å²) in [6.07, 6.45) is 3.06. The van der Waals surface area contributed by atoms with Crippen molar-refractivity contribution in [2.75, 3.05) is 13.1 Å². The fraction of sp³-hybridized carbons (Fsp3) is 0.409. The summed E-state index contributed by atoms with van der Waals surface area (Å²) in [7, 11) is -3.92. The van der Waals surface area contributed by atoms with Crippen LogP contribution in [0.2, 0.25) is 0 Å². The Morgan fingerprint density at radius 3 is 2.14 bits per heavy atom. The van der Waals surface area contributed by atoms with Gasteiger partial charge in [0.05, 0.1) is 4.90 Å². The van der Waals surface area contributed by atoms with Crippen LogP contribution < -0.4 is 15.8 Å². The Labute approximate surface area is 171 Å². The molecule has 1 aliphatic carbocycles. The molecule has 2 aliphatic rings. The Morgan fingerprint density at radius 2 is 1.52 bits per heavy atom. The van der Waals surface area contributed by atoms with Crippen molar-refractivity contribution in [3.05, 3.63) is 54.6 Å². The maximum absolute atomic E-state index is 13.5. The Morgan fingerprint density at radius 1 is 0.897 bits per heavy atom. The molecule has 154 valence electrons. The number of benzene rings is 2. The molecule has 1 aliphatic heterocycles. The monoisotopic (exact) mass is 414 g/mol. The van der Waals surface area contributed by atoms with Gasteiger partial charge in [0.25, 0.3) is 0 Å². The summed E-state index contributed by atoms with van der Waals surface area (Å²) in [5, 5.41) is 3.31. The topological polar surface area (TPSA) is 98.5 Å². The van der Waals surface area contributed by atoms with E-state index in [1.165, 1.54) is 12.1 Å². The molecule has 2 aromatic carbocycles. The largest absolute Gasteiger partial charge is 0.457 e. The zero-order chi connectivity index (χ0) is 20.5. The molecule has 1 saturated carbocycles. The number of nitrogens with two attached hydrogens (primary N) is 1. The van der Waals surface area contributed by atoms with E-state index in [-0.39, 0.29) is 16.7 Å². The number of carbonyl (C=O) groups excluding carboxylic acids is 1. The molecule has 2 fully saturated rings. The standard InChI is InChI=1S/C22H26N2O4S/c23-20(25)22(11-10-21(16-22)12-14-24-15-13-21)29(26,27)19-8-6-18(7-9-19)28-17-4-2-1-3-5-17/h1-9,24H,10-16H2,(H2,23,25). The predicted octanol–water partition coefficient (Wildman–Crippen LogP) is 3.03. The molecule has 1 spiro atoms. The van der Waals surface area contributed by atoms with E-state index in [0.29, 0.717) is 24.3 Å². The van der Waals surface area contributed by atoms with E-state index in [1.54, 1.807) is 12.1 Å². The van der Waals surface area contributed by atoms with Gasteiger partial charge in [-0.15, -0.1) is 0 Å². The third kappa shape index (κ3) is 3.53. The third-order valence-corrected chi connectivity index (χ3v) is 8.93. The van der Waals surface area contributed by atoms with Crippen molar-refractivity contribution in [3.8, 4) is 11.5 Å². The van der Waals surface area contributed by atoms with Crippen LogP contribution in [0.3, 0.4) is 0 Å². The summed E-state index contributed by atoms with van der Waals surface area (Å²) in [5.41, 5.74) is 5.60. The second-order valence-corrected chi connectivity index (χ2v) is 10.4. The number of rotatable bonds is 5. The summed E-state index contributed by atoms with van der Waals surface area (Å²) >= 11 is 0. The van der Waals surface area contributed by atoms with Crippen molar-refractivity contribution < 1.29 is 17.9 Å². The number of primary amides is 1. The first-order valence-corrected chi connectivity index (χ1v) is 11.4. The average Bonchev–Trinajstić information content (AvgIpc) is 3.10. The first-order chi connectivity index (χ1) is 13.9. The minimum absolute atomic E-state index is 0.114. The number of hydrogen-bond acceptors (Lipinski definition) is 5. The minimum atomic E-state index is -3.92. The number of nitrogens with one attached hydrogen (secondary N) is 1. The van der Waals surface area contributed by atoms with Crippen molar-refractivity contribution >= 4 is 15.7 Å². The number of sulfone groups is 1. The van der Waals surface area contributed by atoms with Crippen LogP contribution in [-0.2, 0) is 14.6 Å². The molecule has 2 aromatic rings. The summed E-state index contributed by atoms with van der Waals surface area (Å²) in [4.78, 5) is 12.6.